The molecule has 0 bridgehead atoms. The third kappa shape index (κ3) is 9.60. The molecule has 3 atom stereocenters. The third-order valence-corrected chi connectivity index (χ3v) is 11.7. The monoisotopic (exact) mass is 837 g/mol. The molecule has 1 aromatic carbocycles. The van der Waals surface area contributed by atoms with E-state index in [0.29, 0.717) is 67.4 Å². The first-order valence-electron chi connectivity index (χ1n) is 21.1. The van der Waals surface area contributed by atoms with Crippen LogP contribution in [0.2, 0.25) is 0 Å². The zero-order chi connectivity index (χ0) is 44.3. The molecule has 2 aromatic heterocycles. The maximum absolute atomic E-state index is 14.3. The minimum atomic E-state index is -1.18. The lowest BCUT2D eigenvalue weighted by Gasteiger charge is -2.43. The minimum absolute atomic E-state index is 0.150. The van der Waals surface area contributed by atoms with Crippen molar-refractivity contribution in [2.75, 3.05) is 42.8 Å². The van der Waals surface area contributed by atoms with Crippen LogP contribution in [0.15, 0.2) is 42.7 Å². The van der Waals surface area contributed by atoms with Crippen LogP contribution in [0, 0.1) is 25.7 Å². The van der Waals surface area contributed by atoms with Crippen LogP contribution in [0.1, 0.15) is 93.4 Å². The summed E-state index contributed by atoms with van der Waals surface area (Å²) in [6.45, 7) is 11.8. The van der Waals surface area contributed by atoms with Crippen LogP contribution in [-0.4, -0.2) is 112 Å². The molecule has 0 radical (unpaired) electrons. The average Bonchev–Trinajstić information content (AvgIpc) is 3.70. The number of pyridine rings is 1. The van der Waals surface area contributed by atoms with E-state index in [1.165, 1.54) is 14.7 Å². The Kier molecular flexibility index (Phi) is 13.3. The number of aryl methyl sites for hydroxylation is 2. The van der Waals surface area contributed by atoms with Gasteiger partial charge in [0.15, 0.2) is 0 Å². The highest BCUT2D eigenvalue weighted by molar-refractivity contribution is 6.07. The van der Waals surface area contributed by atoms with Crippen LogP contribution >= 0.6 is 0 Å². The second-order valence-electron chi connectivity index (χ2n) is 17.5. The molecule has 17 heteroatoms. The molecule has 6 rings (SSSR count). The summed E-state index contributed by atoms with van der Waals surface area (Å²) in [5.74, 6) is -1.37. The van der Waals surface area contributed by atoms with Crippen LogP contribution in [0.5, 0.6) is 0 Å². The van der Waals surface area contributed by atoms with Gasteiger partial charge in [0, 0.05) is 56.4 Å². The fourth-order valence-electron chi connectivity index (χ4n) is 8.05. The minimum Gasteiger partial charge on any atom is -0.347 e. The number of nitrogens with zero attached hydrogens (tertiary/aromatic N) is 7. The first kappa shape index (κ1) is 44.4. The average molecular weight is 838 g/mol. The predicted octanol–water partition coefficient (Wildman–Crippen LogP) is 4.21. The molecule has 1 aliphatic carbocycles. The standard InChI is InChI=1S/C44H59N11O6/c1-25(2)20-32(39(58)52(7)8)48-41(60)44(17-11-18-44)51-38(57)33-12-10-19-54(33)40(59)35(26(3)4)49-37(56)29-15-13-27(5)34(21-29)55-24-30-22-46-42(50-36(30)53(9)43(55)61)47-31-16-14-28(6)45-23-31/h13-16,21-23,25-26,32-33,35H,10-12,17-20,24H2,1-9H3,(H,48,60)(H,49,56)(H,51,57)(H,46,47,50)/t32-,33-,35-/m0/s1. The molecule has 326 valence electrons. The van der Waals surface area contributed by atoms with Gasteiger partial charge in [0.1, 0.15) is 29.5 Å². The van der Waals surface area contributed by atoms with E-state index < -0.39 is 47.3 Å². The number of urea groups is 1. The number of likely N-dealkylation sites (N-methyl/N-ethyl adjacent to an activating group) is 1. The van der Waals surface area contributed by atoms with Crippen LogP contribution in [-0.2, 0) is 25.7 Å². The SMILES string of the molecule is Cc1ccc(Nc2ncc3c(n2)N(C)C(=O)N(c2cc(C(=O)N[C@H](C(=O)N4CCC[C@H]4C(=O)NC4(C(=O)N[C@@H](CC(C)C)C(=O)N(C)C)CCC4)C(C)C)ccc2C)C3)cn1. The second-order valence-corrected chi connectivity index (χ2v) is 17.5. The van der Waals surface area contributed by atoms with Crippen molar-refractivity contribution in [1.29, 1.82) is 0 Å². The molecule has 61 heavy (non-hydrogen) atoms. The Balaban J connectivity index is 1.14. The number of hydrogen-bond acceptors (Lipinski definition) is 10. The van der Waals surface area contributed by atoms with Crippen molar-refractivity contribution in [1.82, 2.24) is 40.7 Å². The van der Waals surface area contributed by atoms with Gasteiger partial charge in [-0.15, -0.1) is 0 Å². The summed E-state index contributed by atoms with van der Waals surface area (Å²) in [4.78, 5) is 102. The number of anilines is 4. The van der Waals surface area contributed by atoms with Gasteiger partial charge in [-0.2, -0.15) is 4.98 Å². The highest BCUT2D eigenvalue weighted by Gasteiger charge is 2.49. The van der Waals surface area contributed by atoms with E-state index in [2.05, 4.69) is 36.2 Å². The summed E-state index contributed by atoms with van der Waals surface area (Å²) in [7, 11) is 4.92. The van der Waals surface area contributed by atoms with Gasteiger partial charge in [0.05, 0.1) is 18.4 Å². The zero-order valence-corrected chi connectivity index (χ0v) is 36.7. The Morgan fingerprint density at radius 3 is 2.31 bits per heavy atom. The molecular formula is C44H59N11O6. The highest BCUT2D eigenvalue weighted by atomic mass is 16.2. The number of amides is 7. The molecule has 0 spiro atoms. The number of aromatic nitrogens is 3. The molecule has 2 fully saturated rings. The van der Waals surface area contributed by atoms with E-state index >= 15 is 0 Å². The number of benzene rings is 1. The number of carbonyl (C=O) groups is 6. The van der Waals surface area contributed by atoms with Gasteiger partial charge in [-0.25, -0.2) is 9.78 Å². The van der Waals surface area contributed by atoms with Gasteiger partial charge in [-0.3, -0.25) is 38.8 Å². The molecule has 1 saturated heterocycles. The fourth-order valence-corrected chi connectivity index (χ4v) is 8.05. The zero-order valence-electron chi connectivity index (χ0n) is 36.7. The number of hydrogen-bond donors (Lipinski definition) is 4. The topological polar surface area (TPSA) is 202 Å². The number of fused-ring (bicyclic) bond motifs is 1. The molecule has 7 amide bonds. The highest BCUT2D eigenvalue weighted by Crippen LogP contribution is 2.35. The quantitative estimate of drug-likeness (QED) is 0.182. The van der Waals surface area contributed by atoms with Gasteiger partial charge in [0.2, 0.25) is 29.6 Å². The number of carbonyl (C=O) groups excluding carboxylic acids is 6. The van der Waals surface area contributed by atoms with Crippen molar-refractivity contribution in [3.63, 3.8) is 0 Å². The van der Waals surface area contributed by atoms with Crippen molar-refractivity contribution in [3.8, 4) is 0 Å². The molecule has 17 nitrogen and oxygen atoms in total. The predicted molar refractivity (Wildman–Crippen MR) is 231 cm³/mol. The largest absolute Gasteiger partial charge is 0.347 e. The van der Waals surface area contributed by atoms with E-state index in [1.54, 1.807) is 56.6 Å². The molecule has 1 saturated carbocycles. The Bertz CT molecular complexity index is 2170. The molecule has 4 heterocycles. The summed E-state index contributed by atoms with van der Waals surface area (Å²) in [5, 5.41) is 11.9. The van der Waals surface area contributed by atoms with E-state index in [0.717, 1.165) is 17.7 Å². The summed E-state index contributed by atoms with van der Waals surface area (Å²) in [6.07, 6.45) is 6.35. The summed E-state index contributed by atoms with van der Waals surface area (Å²) < 4.78 is 0. The first-order chi connectivity index (χ1) is 28.9. The van der Waals surface area contributed by atoms with Crippen molar-refractivity contribution >= 4 is 58.7 Å². The van der Waals surface area contributed by atoms with Gasteiger partial charge < -0.3 is 31.1 Å². The Hall–Kier alpha value is -6.13. The summed E-state index contributed by atoms with van der Waals surface area (Å²) >= 11 is 0. The van der Waals surface area contributed by atoms with Crippen molar-refractivity contribution in [3.05, 3.63) is 65.1 Å². The molecule has 4 N–H and O–H groups in total. The summed E-state index contributed by atoms with van der Waals surface area (Å²) in [6, 6.07) is 5.90. The van der Waals surface area contributed by atoms with Crippen molar-refractivity contribution in [2.24, 2.45) is 11.8 Å². The van der Waals surface area contributed by atoms with Crippen molar-refractivity contribution < 1.29 is 28.8 Å². The fraction of sp³-hybridized carbons (Fsp3) is 0.523. The lowest BCUT2D eigenvalue weighted by molar-refractivity contribution is -0.145. The van der Waals surface area contributed by atoms with Gasteiger partial charge in [0.25, 0.3) is 5.91 Å². The molecule has 3 aromatic rings. The number of nitrogens with one attached hydrogen (secondary N) is 4. The lowest BCUT2D eigenvalue weighted by Crippen LogP contribution is -2.67. The Morgan fingerprint density at radius 2 is 1.69 bits per heavy atom. The smallest absolute Gasteiger partial charge is 0.330 e. The first-order valence-corrected chi connectivity index (χ1v) is 21.1. The van der Waals surface area contributed by atoms with Crippen molar-refractivity contribution in [2.45, 2.75) is 110 Å². The molecule has 2 aliphatic heterocycles. The van der Waals surface area contributed by atoms with Gasteiger partial charge in [-0.05, 0) is 94.0 Å². The molecule has 3 aliphatic rings. The summed E-state index contributed by atoms with van der Waals surface area (Å²) in [5.41, 5.74) is 2.64. The van der Waals surface area contributed by atoms with E-state index in [1.807, 2.05) is 53.7 Å². The maximum atomic E-state index is 14.3. The Morgan fingerprint density at radius 1 is 0.951 bits per heavy atom. The van der Waals surface area contributed by atoms with Crippen LogP contribution < -0.4 is 31.1 Å². The maximum Gasteiger partial charge on any atom is 0.330 e. The lowest BCUT2D eigenvalue weighted by atomic mass is 9.75. The van der Waals surface area contributed by atoms with E-state index in [4.69, 9.17) is 0 Å². The van der Waals surface area contributed by atoms with Gasteiger partial charge in [-0.1, -0.05) is 33.8 Å². The van der Waals surface area contributed by atoms with Crippen LogP contribution in [0.4, 0.5) is 27.9 Å². The molecular weight excluding hydrogens is 779 g/mol. The second kappa shape index (κ2) is 18.2. The van der Waals surface area contributed by atoms with Gasteiger partial charge >= 0.3 is 6.03 Å². The van der Waals surface area contributed by atoms with E-state index in [-0.39, 0.29) is 35.9 Å². The van der Waals surface area contributed by atoms with Crippen LogP contribution in [0.3, 0.4) is 0 Å². The Labute approximate surface area is 357 Å². The van der Waals surface area contributed by atoms with Crippen LogP contribution in [0.25, 0.3) is 0 Å². The number of likely N-dealkylation sites (tertiary alicyclic amines) is 1. The normalized spacial score (nSPS) is 17.9. The van der Waals surface area contributed by atoms with E-state index in [9.17, 15) is 28.8 Å². The number of rotatable bonds is 14. The third-order valence-electron chi connectivity index (χ3n) is 11.7. The molecule has 0 unspecified atom stereocenters.